The highest BCUT2D eigenvalue weighted by Gasteiger charge is 2.13. The molecule has 1 N–H and O–H groups in total. The summed E-state index contributed by atoms with van der Waals surface area (Å²) in [5, 5.41) is 2.73. The Labute approximate surface area is 106 Å². The van der Waals surface area contributed by atoms with Crippen molar-refractivity contribution in [2.45, 2.75) is 25.1 Å². The monoisotopic (exact) mass is 256 g/mol. The Morgan fingerprint density at radius 2 is 2.41 bits per heavy atom. The normalized spacial score (nSPS) is 11.9. The summed E-state index contributed by atoms with van der Waals surface area (Å²) >= 11 is 6.02. The summed E-state index contributed by atoms with van der Waals surface area (Å²) in [7, 11) is 1.49. The minimum absolute atomic E-state index is 0.0355. The third-order valence-electron chi connectivity index (χ3n) is 2.30. The number of alkyl halides is 1. The second kappa shape index (κ2) is 7.12. The molecule has 1 unspecified atom stereocenters. The van der Waals surface area contributed by atoms with Gasteiger partial charge in [0.1, 0.15) is 5.56 Å². The van der Waals surface area contributed by atoms with Crippen molar-refractivity contribution in [3.8, 4) is 5.88 Å². The quantitative estimate of drug-likeness (QED) is 0.794. The van der Waals surface area contributed by atoms with Gasteiger partial charge in [-0.1, -0.05) is 13.3 Å². The molecule has 1 heterocycles. The first-order valence-electron chi connectivity index (χ1n) is 5.60. The zero-order valence-corrected chi connectivity index (χ0v) is 10.8. The summed E-state index contributed by atoms with van der Waals surface area (Å²) in [5.41, 5.74) is 0.426. The molecule has 0 aliphatic rings. The van der Waals surface area contributed by atoms with Gasteiger partial charge in [0.15, 0.2) is 0 Å². The summed E-state index contributed by atoms with van der Waals surface area (Å²) in [4.78, 5) is 15.8. The molecule has 1 aromatic heterocycles. The lowest BCUT2D eigenvalue weighted by Gasteiger charge is -2.11. The largest absolute Gasteiger partial charge is 0.480 e. The number of amides is 1. The Morgan fingerprint density at radius 3 is 3.06 bits per heavy atom. The van der Waals surface area contributed by atoms with Crippen LogP contribution in [0.25, 0.3) is 0 Å². The summed E-state index contributed by atoms with van der Waals surface area (Å²) in [6, 6.07) is 3.37. The maximum absolute atomic E-state index is 11.8. The van der Waals surface area contributed by atoms with Crippen LogP contribution in [0.1, 0.15) is 30.1 Å². The average Bonchev–Trinajstić information content (AvgIpc) is 2.36. The van der Waals surface area contributed by atoms with Gasteiger partial charge in [0.25, 0.3) is 5.91 Å². The smallest absolute Gasteiger partial charge is 0.256 e. The van der Waals surface area contributed by atoms with Crippen molar-refractivity contribution >= 4 is 17.5 Å². The molecule has 1 aromatic rings. The number of rotatable bonds is 6. The predicted octanol–water partition coefficient (Wildman–Crippen LogP) is 2.23. The fraction of sp³-hybridized carbons (Fsp3) is 0.500. The number of halogens is 1. The van der Waals surface area contributed by atoms with E-state index in [0.29, 0.717) is 18.0 Å². The fourth-order valence-corrected chi connectivity index (χ4v) is 1.74. The number of hydrogen-bond acceptors (Lipinski definition) is 3. The van der Waals surface area contributed by atoms with Gasteiger partial charge in [-0.15, -0.1) is 11.6 Å². The number of carbonyl (C=O) groups is 1. The topological polar surface area (TPSA) is 51.2 Å². The van der Waals surface area contributed by atoms with Gasteiger partial charge in [0, 0.05) is 12.7 Å². The van der Waals surface area contributed by atoms with Gasteiger partial charge in [-0.3, -0.25) is 4.79 Å². The summed E-state index contributed by atoms with van der Waals surface area (Å²) in [6.45, 7) is 2.51. The number of methoxy groups -OCH3 is 1. The zero-order valence-electron chi connectivity index (χ0n) is 10.1. The Morgan fingerprint density at radius 1 is 1.65 bits per heavy atom. The number of ether oxygens (including phenoxy) is 1. The maximum Gasteiger partial charge on any atom is 0.256 e. The number of nitrogens with one attached hydrogen (secondary N) is 1. The molecule has 1 atom stereocenters. The van der Waals surface area contributed by atoms with Crippen LogP contribution in [0.4, 0.5) is 0 Å². The third kappa shape index (κ3) is 4.23. The minimum atomic E-state index is -0.211. The highest BCUT2D eigenvalue weighted by Crippen LogP contribution is 2.13. The van der Waals surface area contributed by atoms with E-state index >= 15 is 0 Å². The minimum Gasteiger partial charge on any atom is -0.480 e. The van der Waals surface area contributed by atoms with Crippen molar-refractivity contribution in [3.63, 3.8) is 0 Å². The Bertz CT molecular complexity index is 371. The molecule has 0 bridgehead atoms. The molecule has 0 fully saturated rings. The van der Waals surface area contributed by atoms with Gasteiger partial charge in [-0.2, -0.15) is 0 Å². The van der Waals surface area contributed by atoms with E-state index in [4.69, 9.17) is 16.3 Å². The van der Waals surface area contributed by atoms with Crippen LogP contribution in [-0.2, 0) is 0 Å². The average molecular weight is 257 g/mol. The number of pyridine rings is 1. The highest BCUT2D eigenvalue weighted by atomic mass is 35.5. The Kier molecular flexibility index (Phi) is 5.77. The standard InChI is InChI=1S/C12H17ClN2O2/c1-3-5-9(13)8-15-11(16)10-6-4-7-14-12(10)17-2/h4,6-7,9H,3,5,8H2,1-2H3,(H,15,16). The van der Waals surface area contributed by atoms with E-state index in [2.05, 4.69) is 17.2 Å². The van der Waals surface area contributed by atoms with Crippen LogP contribution < -0.4 is 10.1 Å². The SMILES string of the molecule is CCCC(Cl)CNC(=O)c1cccnc1OC. The molecule has 5 heteroatoms. The molecule has 1 amide bonds. The van der Waals surface area contributed by atoms with E-state index in [1.165, 1.54) is 7.11 Å². The van der Waals surface area contributed by atoms with E-state index in [0.717, 1.165) is 12.8 Å². The van der Waals surface area contributed by atoms with E-state index in [9.17, 15) is 4.79 Å². The first kappa shape index (κ1) is 13.8. The second-order valence-electron chi connectivity index (χ2n) is 3.66. The summed E-state index contributed by atoms with van der Waals surface area (Å²) in [5.74, 6) is 0.114. The van der Waals surface area contributed by atoms with Gasteiger partial charge >= 0.3 is 0 Å². The Hall–Kier alpha value is -1.29. The van der Waals surface area contributed by atoms with Gasteiger partial charge in [0.2, 0.25) is 5.88 Å². The lowest BCUT2D eigenvalue weighted by atomic mass is 10.2. The summed E-state index contributed by atoms with van der Waals surface area (Å²) < 4.78 is 5.02. The molecule has 17 heavy (non-hydrogen) atoms. The van der Waals surface area contributed by atoms with Crippen molar-refractivity contribution in [1.82, 2.24) is 10.3 Å². The van der Waals surface area contributed by atoms with Gasteiger partial charge in [0.05, 0.1) is 12.5 Å². The predicted molar refractivity (Wildman–Crippen MR) is 67.7 cm³/mol. The van der Waals surface area contributed by atoms with Crippen molar-refractivity contribution in [3.05, 3.63) is 23.9 Å². The van der Waals surface area contributed by atoms with Crippen molar-refractivity contribution in [2.75, 3.05) is 13.7 Å². The van der Waals surface area contributed by atoms with Crippen LogP contribution in [0.15, 0.2) is 18.3 Å². The molecule has 0 aliphatic carbocycles. The van der Waals surface area contributed by atoms with E-state index < -0.39 is 0 Å². The molecule has 0 spiro atoms. The molecule has 4 nitrogen and oxygen atoms in total. The lowest BCUT2D eigenvalue weighted by Crippen LogP contribution is -2.30. The van der Waals surface area contributed by atoms with Crippen LogP contribution in [0, 0.1) is 0 Å². The maximum atomic E-state index is 11.8. The second-order valence-corrected chi connectivity index (χ2v) is 4.27. The zero-order chi connectivity index (χ0) is 12.7. The van der Waals surface area contributed by atoms with Crippen LogP contribution in [0.3, 0.4) is 0 Å². The molecule has 0 aromatic carbocycles. The van der Waals surface area contributed by atoms with E-state index in [1.54, 1.807) is 18.3 Å². The van der Waals surface area contributed by atoms with Gasteiger partial charge in [-0.25, -0.2) is 4.98 Å². The van der Waals surface area contributed by atoms with Crippen molar-refractivity contribution in [1.29, 1.82) is 0 Å². The molecule has 94 valence electrons. The van der Waals surface area contributed by atoms with E-state index in [1.807, 2.05) is 0 Å². The first-order valence-corrected chi connectivity index (χ1v) is 6.04. The van der Waals surface area contributed by atoms with Crippen LogP contribution in [0.2, 0.25) is 0 Å². The van der Waals surface area contributed by atoms with Gasteiger partial charge in [-0.05, 0) is 18.6 Å². The molecule has 0 saturated carbocycles. The van der Waals surface area contributed by atoms with Crippen molar-refractivity contribution < 1.29 is 9.53 Å². The highest BCUT2D eigenvalue weighted by molar-refractivity contribution is 6.20. The molecular formula is C12H17ClN2O2. The van der Waals surface area contributed by atoms with Crippen LogP contribution in [-0.4, -0.2) is 29.9 Å². The number of aromatic nitrogens is 1. The number of hydrogen-bond donors (Lipinski definition) is 1. The number of carbonyl (C=O) groups excluding carboxylic acids is 1. The number of nitrogens with zero attached hydrogens (tertiary/aromatic N) is 1. The van der Waals surface area contributed by atoms with Crippen LogP contribution >= 0.6 is 11.6 Å². The lowest BCUT2D eigenvalue weighted by molar-refractivity contribution is 0.0949. The van der Waals surface area contributed by atoms with Gasteiger partial charge < -0.3 is 10.1 Å². The van der Waals surface area contributed by atoms with Crippen molar-refractivity contribution in [2.24, 2.45) is 0 Å². The van der Waals surface area contributed by atoms with Crippen LogP contribution in [0.5, 0.6) is 5.88 Å². The molecule has 0 saturated heterocycles. The molecule has 1 rings (SSSR count). The molecule has 0 aliphatic heterocycles. The summed E-state index contributed by atoms with van der Waals surface area (Å²) in [6.07, 6.45) is 3.46. The first-order chi connectivity index (χ1) is 8.19. The third-order valence-corrected chi connectivity index (χ3v) is 2.67. The fourth-order valence-electron chi connectivity index (χ4n) is 1.44. The molecular weight excluding hydrogens is 240 g/mol. The molecule has 0 radical (unpaired) electrons. The van der Waals surface area contributed by atoms with E-state index in [-0.39, 0.29) is 11.3 Å². The Balaban J connectivity index is 2.58.